The Morgan fingerprint density at radius 2 is 2.00 bits per heavy atom. The highest BCUT2D eigenvalue weighted by atomic mass is 14.8. The monoisotopic (exact) mass is 111 g/mol. The van der Waals surface area contributed by atoms with Gasteiger partial charge in [0.15, 0.2) is 0 Å². The summed E-state index contributed by atoms with van der Waals surface area (Å²) in [7, 11) is 0. The lowest BCUT2D eigenvalue weighted by Gasteiger charge is -1.88. The summed E-state index contributed by atoms with van der Waals surface area (Å²) >= 11 is 0. The molecule has 0 fully saturated rings. The Hall–Kier alpha value is -0.990. The topological polar surface area (TPSA) is 60.1 Å². The summed E-state index contributed by atoms with van der Waals surface area (Å²) in [6.07, 6.45) is 0.938. The Bertz CT molecular complexity index is 135. The summed E-state index contributed by atoms with van der Waals surface area (Å²) in [6, 6.07) is 0. The van der Waals surface area contributed by atoms with E-state index in [1.165, 1.54) is 0 Å². The highest BCUT2D eigenvalue weighted by molar-refractivity contribution is 6.40. The number of hydrogen-bond acceptors (Lipinski definition) is 2. The molecule has 0 saturated carbocycles. The molecule has 0 saturated heterocycles. The molecule has 3 nitrogen and oxygen atoms in total. The van der Waals surface area contributed by atoms with Crippen LogP contribution in [0, 0.1) is 10.8 Å². The van der Waals surface area contributed by atoms with Crippen molar-refractivity contribution < 1.29 is 0 Å². The molecule has 0 heterocycles. The van der Waals surface area contributed by atoms with Crippen molar-refractivity contribution in [3.05, 3.63) is 0 Å². The van der Waals surface area contributed by atoms with E-state index in [2.05, 4.69) is 4.99 Å². The lowest BCUT2D eigenvalue weighted by atomic mass is 10.3. The van der Waals surface area contributed by atoms with Crippen LogP contribution in [0.5, 0.6) is 0 Å². The van der Waals surface area contributed by atoms with Crippen LogP contribution in [0.2, 0.25) is 0 Å². The van der Waals surface area contributed by atoms with Gasteiger partial charge in [0, 0.05) is 5.71 Å². The van der Waals surface area contributed by atoms with Crippen molar-refractivity contribution in [1.82, 2.24) is 0 Å². The van der Waals surface area contributed by atoms with Crippen LogP contribution in [0.3, 0.4) is 0 Å². The van der Waals surface area contributed by atoms with Crippen LogP contribution < -0.4 is 0 Å². The second kappa shape index (κ2) is 3.07. The van der Waals surface area contributed by atoms with E-state index < -0.39 is 0 Å². The van der Waals surface area contributed by atoms with Gasteiger partial charge in [0.2, 0.25) is 0 Å². The number of aliphatic imine (C=N–C) groups is 1. The van der Waals surface area contributed by atoms with Crippen molar-refractivity contribution in [2.75, 3.05) is 0 Å². The Labute approximate surface area is 48.5 Å². The zero-order valence-corrected chi connectivity index (χ0v) is 5.02. The second-order valence-electron chi connectivity index (χ2n) is 1.47. The normalized spacial score (nSPS) is 11.0. The van der Waals surface area contributed by atoms with E-state index in [4.69, 9.17) is 10.8 Å². The van der Waals surface area contributed by atoms with Crippen molar-refractivity contribution in [2.24, 2.45) is 4.99 Å². The molecule has 3 heteroatoms. The Morgan fingerprint density at radius 3 is 2.12 bits per heavy atom. The minimum atomic E-state index is 0.411. The highest BCUT2D eigenvalue weighted by Crippen LogP contribution is 1.76. The highest BCUT2D eigenvalue weighted by Gasteiger charge is 1.87. The second-order valence-corrected chi connectivity index (χ2v) is 1.47. The van der Waals surface area contributed by atoms with Gasteiger partial charge in [-0.2, -0.15) is 0 Å². The van der Waals surface area contributed by atoms with E-state index in [1.54, 1.807) is 13.8 Å². The van der Waals surface area contributed by atoms with Gasteiger partial charge in [-0.1, -0.05) is 0 Å². The largest absolute Gasteiger partial charge is 0.304 e. The summed E-state index contributed by atoms with van der Waals surface area (Å²) in [6.45, 7) is 3.34. The number of nitrogens with one attached hydrogen (secondary N) is 2. The first-order valence-electron chi connectivity index (χ1n) is 2.27. The quantitative estimate of drug-likeness (QED) is 0.396. The van der Waals surface area contributed by atoms with Gasteiger partial charge < -0.3 is 5.41 Å². The number of nitrogens with zero attached hydrogens (tertiary/aromatic N) is 1. The fourth-order valence-corrected chi connectivity index (χ4v) is 0.194. The Balaban J connectivity index is 3.99. The maximum Gasteiger partial charge on any atom is 0.107 e. The van der Waals surface area contributed by atoms with Crippen LogP contribution in [0.1, 0.15) is 13.8 Å². The molecular weight excluding hydrogens is 102 g/mol. The summed E-state index contributed by atoms with van der Waals surface area (Å²) in [4.78, 5) is 3.56. The van der Waals surface area contributed by atoms with Crippen LogP contribution in [-0.2, 0) is 0 Å². The molecule has 0 aliphatic heterocycles. The minimum Gasteiger partial charge on any atom is -0.304 e. The van der Waals surface area contributed by atoms with E-state index >= 15 is 0 Å². The van der Waals surface area contributed by atoms with Gasteiger partial charge in [0.05, 0.1) is 5.71 Å². The first-order chi connectivity index (χ1) is 3.68. The van der Waals surface area contributed by atoms with Gasteiger partial charge in [-0.25, -0.2) is 4.99 Å². The predicted octanol–water partition coefficient (Wildman–Crippen LogP) is 1.09. The van der Waals surface area contributed by atoms with E-state index in [9.17, 15) is 0 Å². The van der Waals surface area contributed by atoms with Gasteiger partial charge >= 0.3 is 0 Å². The van der Waals surface area contributed by atoms with Gasteiger partial charge in [0.1, 0.15) is 6.34 Å². The van der Waals surface area contributed by atoms with Crippen LogP contribution in [0.15, 0.2) is 4.99 Å². The fraction of sp³-hybridized carbons (Fsp3) is 0.400. The molecule has 0 radical (unpaired) electrons. The van der Waals surface area contributed by atoms with E-state index in [0.717, 1.165) is 6.34 Å². The number of hydrogen-bond donors (Lipinski definition) is 2. The molecule has 0 aromatic heterocycles. The molecule has 0 aliphatic carbocycles. The maximum absolute atomic E-state index is 6.97. The van der Waals surface area contributed by atoms with Gasteiger partial charge in [0.25, 0.3) is 0 Å². The fourth-order valence-electron chi connectivity index (χ4n) is 0.194. The summed E-state index contributed by atoms with van der Waals surface area (Å²) < 4.78 is 0. The Kier molecular flexibility index (Phi) is 2.69. The summed E-state index contributed by atoms with van der Waals surface area (Å²) in [5.41, 5.74) is 1.01. The number of rotatable bonds is 2. The van der Waals surface area contributed by atoms with Crippen LogP contribution in [0.25, 0.3) is 0 Å². The van der Waals surface area contributed by atoms with E-state index in [0.29, 0.717) is 11.4 Å². The molecule has 0 amide bonds. The molecule has 0 aliphatic rings. The van der Waals surface area contributed by atoms with Crippen molar-refractivity contribution in [1.29, 1.82) is 10.8 Å². The van der Waals surface area contributed by atoms with E-state index in [1.807, 2.05) is 0 Å². The molecule has 2 N–H and O–H groups in total. The molecular formula is C5H9N3. The SMILES string of the molecule is CC(=N)C(C)=NC=N. The molecule has 0 aromatic rings. The van der Waals surface area contributed by atoms with E-state index in [-0.39, 0.29) is 0 Å². The first-order valence-corrected chi connectivity index (χ1v) is 2.27. The first kappa shape index (κ1) is 7.01. The lowest BCUT2D eigenvalue weighted by Crippen LogP contribution is -2.02. The molecule has 0 atom stereocenters. The average Bonchev–Trinajstić information content (AvgIpc) is 1.67. The average molecular weight is 111 g/mol. The zero-order valence-electron chi connectivity index (χ0n) is 5.02. The maximum atomic E-state index is 6.97. The van der Waals surface area contributed by atoms with Crippen molar-refractivity contribution in [3.8, 4) is 0 Å². The summed E-state index contributed by atoms with van der Waals surface area (Å²) in [5.74, 6) is 0. The lowest BCUT2D eigenvalue weighted by molar-refractivity contribution is 1.47. The molecule has 0 bridgehead atoms. The van der Waals surface area contributed by atoms with Crippen LogP contribution >= 0.6 is 0 Å². The third kappa shape index (κ3) is 2.23. The molecule has 8 heavy (non-hydrogen) atoms. The predicted molar refractivity (Wildman–Crippen MR) is 35.3 cm³/mol. The van der Waals surface area contributed by atoms with Gasteiger partial charge in [-0.3, -0.25) is 5.41 Å². The van der Waals surface area contributed by atoms with Crippen LogP contribution in [0.4, 0.5) is 0 Å². The van der Waals surface area contributed by atoms with Crippen molar-refractivity contribution in [3.63, 3.8) is 0 Å². The smallest absolute Gasteiger partial charge is 0.107 e. The molecule has 0 aromatic carbocycles. The molecule has 0 rings (SSSR count). The molecule has 0 unspecified atom stereocenters. The van der Waals surface area contributed by atoms with Gasteiger partial charge in [-0.05, 0) is 13.8 Å². The van der Waals surface area contributed by atoms with Crippen molar-refractivity contribution in [2.45, 2.75) is 13.8 Å². The van der Waals surface area contributed by atoms with Crippen molar-refractivity contribution >= 4 is 17.8 Å². The Morgan fingerprint density at radius 1 is 1.50 bits per heavy atom. The zero-order chi connectivity index (χ0) is 6.57. The summed E-state index contributed by atoms with van der Waals surface area (Å²) in [5, 5.41) is 13.5. The third-order valence-electron chi connectivity index (χ3n) is 0.801. The van der Waals surface area contributed by atoms with Crippen LogP contribution in [-0.4, -0.2) is 17.8 Å². The molecule has 44 valence electrons. The third-order valence-corrected chi connectivity index (χ3v) is 0.801. The molecule has 0 spiro atoms. The van der Waals surface area contributed by atoms with Gasteiger partial charge in [-0.15, -0.1) is 0 Å². The standard InChI is InChI=1S/C5H9N3/c1-4(7)5(2)8-3-6/h3,6-7H,1-2H3. The minimum absolute atomic E-state index is 0.411.